The first-order valence-corrected chi connectivity index (χ1v) is 25.6. The first kappa shape index (κ1) is 59.7. The van der Waals surface area contributed by atoms with Crippen molar-refractivity contribution in [2.45, 2.75) is 251 Å². The van der Waals surface area contributed by atoms with Crippen molar-refractivity contribution in [3.63, 3.8) is 0 Å². The molecule has 2 fully saturated rings. The summed E-state index contributed by atoms with van der Waals surface area (Å²) in [6.45, 7) is 11.0. The van der Waals surface area contributed by atoms with E-state index in [0.29, 0.717) is 18.3 Å². The van der Waals surface area contributed by atoms with Crippen LogP contribution < -0.4 is 0 Å². The molecule has 2 aliphatic rings. The molecule has 2 heterocycles. The van der Waals surface area contributed by atoms with Gasteiger partial charge in [-0.2, -0.15) is 0 Å². The monoisotopic (exact) mass is 953 g/mol. The number of unbranched alkanes of at least 4 members (excludes halogenated alkanes) is 17. The maximum Gasteiger partial charge on any atom is 0.333 e. The van der Waals surface area contributed by atoms with Gasteiger partial charge in [0.15, 0.2) is 36.9 Å². The van der Waals surface area contributed by atoms with Gasteiger partial charge in [0.25, 0.3) is 0 Å². The van der Waals surface area contributed by atoms with Crippen LogP contribution in [-0.4, -0.2) is 117 Å². The summed E-state index contributed by atoms with van der Waals surface area (Å²) in [5, 5.41) is 65.0. The molecular formula is C48H88O16S. The second kappa shape index (κ2) is 35.6. The minimum atomic E-state index is -1.77. The number of ether oxygens (including phenoxy) is 5. The number of hydrogen-bond donors (Lipinski definition) is 6. The number of carbonyl (C=O) groups excluding carboxylic acids is 2. The van der Waals surface area contributed by atoms with Crippen LogP contribution in [0.4, 0.5) is 0 Å². The van der Waals surface area contributed by atoms with Crippen LogP contribution >= 0.6 is 12.3 Å². The molecule has 10 unspecified atom stereocenters. The van der Waals surface area contributed by atoms with Crippen molar-refractivity contribution >= 4 is 24.3 Å². The van der Waals surface area contributed by atoms with E-state index in [0.717, 1.165) is 38.5 Å². The highest BCUT2D eigenvalue weighted by atomic mass is 32.2. The van der Waals surface area contributed by atoms with Gasteiger partial charge in [-0.15, -0.1) is 4.33 Å². The fourth-order valence-corrected chi connectivity index (χ4v) is 9.32. The molecule has 6 N–H and O–H groups in total. The van der Waals surface area contributed by atoms with Crippen LogP contribution in [0, 0.1) is 17.8 Å². The molecule has 2 aliphatic heterocycles. The minimum absolute atomic E-state index is 0.00188. The molecule has 2 rings (SSSR count). The van der Waals surface area contributed by atoms with Gasteiger partial charge in [0.2, 0.25) is 6.29 Å². The van der Waals surface area contributed by atoms with E-state index in [-0.39, 0.29) is 30.2 Å². The molecule has 65 heavy (non-hydrogen) atoms. The van der Waals surface area contributed by atoms with Crippen molar-refractivity contribution in [1.82, 2.24) is 0 Å². The van der Waals surface area contributed by atoms with E-state index >= 15 is 0 Å². The maximum absolute atomic E-state index is 13.8. The molecule has 0 aromatic carbocycles. The SMILES string of the molecule is CCCCCCCCCCCCCCCC[C@H](C)C[C@H](C)C[C@H](C)C=C(C)C(=O)OC1C(O)C(CO)OC(OC2OC(CO)C(O)C(O)C2OSOOO)C1OC(=O)CCCCCCC. The van der Waals surface area contributed by atoms with Gasteiger partial charge in [-0.1, -0.05) is 168 Å². The predicted octanol–water partition coefficient (Wildman–Crippen LogP) is 8.58. The van der Waals surface area contributed by atoms with Crippen LogP contribution in [0.15, 0.2) is 11.6 Å². The van der Waals surface area contributed by atoms with Gasteiger partial charge in [-0.25, -0.2) is 10.1 Å². The van der Waals surface area contributed by atoms with E-state index in [9.17, 15) is 35.1 Å². The molecule has 0 bridgehead atoms. The Hall–Kier alpha value is -1.45. The Labute approximate surface area is 394 Å². The Morgan fingerprint density at radius 3 is 1.68 bits per heavy atom. The van der Waals surface area contributed by atoms with Crippen molar-refractivity contribution in [2.24, 2.45) is 17.8 Å². The predicted molar refractivity (Wildman–Crippen MR) is 246 cm³/mol. The first-order chi connectivity index (χ1) is 31.3. The van der Waals surface area contributed by atoms with Crippen molar-refractivity contribution in [1.29, 1.82) is 0 Å². The number of rotatable bonds is 37. The molecule has 16 nitrogen and oxygen atoms in total. The van der Waals surface area contributed by atoms with Crippen molar-refractivity contribution in [3.8, 4) is 0 Å². The fraction of sp³-hybridized carbons (Fsp3) is 0.917. The molecule has 0 spiro atoms. The normalized spacial score (nSPS) is 27.6. The van der Waals surface area contributed by atoms with Gasteiger partial charge < -0.3 is 49.2 Å². The van der Waals surface area contributed by atoms with Crippen LogP contribution in [0.2, 0.25) is 0 Å². The van der Waals surface area contributed by atoms with Gasteiger partial charge in [0, 0.05) is 12.0 Å². The summed E-state index contributed by atoms with van der Waals surface area (Å²) in [5.41, 5.74) is 0.271. The lowest BCUT2D eigenvalue weighted by atomic mass is 9.86. The largest absolute Gasteiger partial charge is 0.453 e. The zero-order chi connectivity index (χ0) is 48.0. The van der Waals surface area contributed by atoms with Crippen LogP contribution in [0.5, 0.6) is 0 Å². The Bertz CT molecular complexity index is 1260. The first-order valence-electron chi connectivity index (χ1n) is 24.9. The summed E-state index contributed by atoms with van der Waals surface area (Å²) >= 11 is 0.0562. The van der Waals surface area contributed by atoms with Crippen molar-refractivity contribution < 1.29 is 77.6 Å². The molecule has 0 saturated carbocycles. The highest BCUT2D eigenvalue weighted by Crippen LogP contribution is 2.34. The molecule has 0 amide bonds. The standard InChI is InChI=1S/C48H88O16S/c1-7-9-11-13-14-15-16-17-18-19-20-21-23-24-26-33(3)28-34(4)29-35(5)30-36(6)46(55)60-43-41(53)38(32-50)58-48(45(43)59-39(51)27-25-22-12-10-8-2)61-47-44(62-65-64-63-56)42(54)40(52)37(31-49)57-47/h30,33-35,37-38,40-45,47-50,52-54,56H,7-29,31-32H2,1-6H3/t33-,34-,35-,37?,38?,40?,41?,42?,43?,44?,45?,47?,48?/m0/s1. The average molecular weight is 953 g/mol. The van der Waals surface area contributed by atoms with Crippen molar-refractivity contribution in [3.05, 3.63) is 11.6 Å². The summed E-state index contributed by atoms with van der Waals surface area (Å²) in [5.74, 6) is -0.454. The van der Waals surface area contributed by atoms with Gasteiger partial charge in [-0.05, 0) is 43.9 Å². The van der Waals surface area contributed by atoms with Crippen LogP contribution in [-0.2, 0) is 46.8 Å². The summed E-state index contributed by atoms with van der Waals surface area (Å²) < 4.78 is 38.9. The number of aliphatic hydroxyl groups is 5. The molecule has 0 aromatic heterocycles. The Balaban J connectivity index is 2.05. The van der Waals surface area contributed by atoms with Crippen molar-refractivity contribution in [2.75, 3.05) is 13.2 Å². The van der Waals surface area contributed by atoms with Crippen LogP contribution in [0.3, 0.4) is 0 Å². The van der Waals surface area contributed by atoms with E-state index < -0.39 is 86.6 Å². The average Bonchev–Trinajstić information content (AvgIpc) is 3.27. The number of carbonyl (C=O) groups is 2. The lowest BCUT2D eigenvalue weighted by Crippen LogP contribution is -2.65. The second-order valence-electron chi connectivity index (χ2n) is 18.7. The molecule has 2 saturated heterocycles. The van der Waals surface area contributed by atoms with E-state index in [4.69, 9.17) is 33.1 Å². The van der Waals surface area contributed by atoms with Gasteiger partial charge in [0.05, 0.1) is 13.2 Å². The smallest absolute Gasteiger partial charge is 0.333 e. The maximum atomic E-state index is 13.8. The van der Waals surface area contributed by atoms with Gasteiger partial charge in [0.1, 0.15) is 30.5 Å². The third-order valence-electron chi connectivity index (χ3n) is 12.6. The highest BCUT2D eigenvalue weighted by Gasteiger charge is 2.54. The van der Waals surface area contributed by atoms with Gasteiger partial charge >= 0.3 is 11.9 Å². The Morgan fingerprint density at radius 2 is 1.14 bits per heavy atom. The van der Waals surface area contributed by atoms with Crippen LogP contribution in [0.1, 0.15) is 189 Å². The topological polar surface area (TPSA) is 229 Å². The quantitative estimate of drug-likeness (QED) is 0.00855. The lowest BCUT2D eigenvalue weighted by Gasteiger charge is -2.46. The molecule has 0 aromatic rings. The third kappa shape index (κ3) is 23.6. The minimum Gasteiger partial charge on any atom is -0.453 e. The Kier molecular flexibility index (Phi) is 32.7. The molecule has 382 valence electrons. The molecule has 0 radical (unpaired) electrons. The van der Waals surface area contributed by atoms with E-state index in [2.05, 4.69) is 37.1 Å². The Morgan fingerprint density at radius 1 is 0.631 bits per heavy atom. The van der Waals surface area contributed by atoms with E-state index in [1.807, 2.05) is 13.0 Å². The molecule has 17 heteroatoms. The molecule has 13 atom stereocenters. The van der Waals surface area contributed by atoms with Gasteiger partial charge in [-0.3, -0.25) is 8.98 Å². The zero-order valence-electron chi connectivity index (χ0n) is 40.4. The summed E-state index contributed by atoms with van der Waals surface area (Å²) in [4.78, 5) is 27.1. The zero-order valence-corrected chi connectivity index (χ0v) is 41.3. The second-order valence-corrected chi connectivity index (χ2v) is 19.2. The lowest BCUT2D eigenvalue weighted by molar-refractivity contribution is -0.435. The number of allylic oxidation sites excluding steroid dienone is 1. The summed E-state index contributed by atoms with van der Waals surface area (Å²) in [6.07, 6.45) is 11.9. The third-order valence-corrected chi connectivity index (χ3v) is 13.0. The highest BCUT2D eigenvalue weighted by molar-refractivity contribution is 7.89. The summed E-state index contributed by atoms with van der Waals surface area (Å²) in [7, 11) is 0. The fourth-order valence-electron chi connectivity index (χ4n) is 8.97. The number of aliphatic hydroxyl groups excluding tert-OH is 5. The molecular weight excluding hydrogens is 865 g/mol. The van der Waals surface area contributed by atoms with E-state index in [1.54, 1.807) is 6.92 Å². The van der Waals surface area contributed by atoms with E-state index in [1.165, 1.54) is 96.3 Å². The molecule has 0 aliphatic carbocycles. The number of hydrogen-bond acceptors (Lipinski definition) is 17. The number of esters is 2. The van der Waals surface area contributed by atoms with Crippen LogP contribution in [0.25, 0.3) is 0 Å². The summed E-state index contributed by atoms with van der Waals surface area (Å²) in [6, 6.07) is 0.